The number of hydrogen-bond acceptors (Lipinski definition) is 2. The SMILES string of the molecule is c1ccc(-c2ccc(N(c3ccc(-c4ccc5oc6ccccc6c5c4)cc3)c3ccc(-c4ccc5c(c4)c4cccc6c4n5-c4ccccc4C64c5ccccc5-c5ccccc54)cc3)cc2)cc1. The van der Waals surface area contributed by atoms with E-state index in [9.17, 15) is 0 Å². The van der Waals surface area contributed by atoms with Gasteiger partial charge in [0.1, 0.15) is 11.2 Å². The van der Waals surface area contributed by atoms with Crippen LogP contribution in [0.15, 0.2) is 259 Å². The molecule has 0 saturated carbocycles. The fraction of sp³-hybridized carbons (Fsp3) is 0.0149. The van der Waals surface area contributed by atoms with Crippen LogP contribution in [0.1, 0.15) is 22.3 Å². The molecular formula is C67H42N2O. The van der Waals surface area contributed by atoms with Crippen LogP contribution >= 0.6 is 0 Å². The number of aromatic nitrogens is 1. The molecule has 0 N–H and O–H groups in total. The molecule has 0 bridgehead atoms. The second-order valence-electron chi connectivity index (χ2n) is 18.8. The van der Waals surface area contributed by atoms with Crippen molar-refractivity contribution < 1.29 is 4.42 Å². The van der Waals surface area contributed by atoms with Crippen LogP contribution in [-0.4, -0.2) is 4.57 Å². The molecule has 0 radical (unpaired) electrons. The average molecular weight is 891 g/mol. The number of nitrogens with zero attached hydrogens (tertiary/aromatic N) is 2. The van der Waals surface area contributed by atoms with Gasteiger partial charge in [0, 0.05) is 38.6 Å². The molecule has 0 unspecified atom stereocenters. The largest absolute Gasteiger partial charge is 0.456 e. The van der Waals surface area contributed by atoms with Crippen molar-refractivity contribution >= 4 is 60.8 Å². The Kier molecular flexibility index (Phi) is 8.28. The predicted octanol–water partition coefficient (Wildman–Crippen LogP) is 17.8. The summed E-state index contributed by atoms with van der Waals surface area (Å²) < 4.78 is 8.68. The molecule has 0 fully saturated rings. The normalized spacial score (nSPS) is 13.0. The van der Waals surface area contributed by atoms with Crippen molar-refractivity contribution in [1.82, 2.24) is 4.57 Å². The van der Waals surface area contributed by atoms with Crippen molar-refractivity contribution in [2.45, 2.75) is 5.41 Å². The third-order valence-corrected chi connectivity index (χ3v) is 15.2. The lowest BCUT2D eigenvalue weighted by atomic mass is 9.65. The van der Waals surface area contributed by atoms with Gasteiger partial charge in [0.25, 0.3) is 0 Å². The van der Waals surface area contributed by atoms with Gasteiger partial charge in [0.15, 0.2) is 0 Å². The molecule has 1 aliphatic carbocycles. The molecule has 2 aromatic heterocycles. The summed E-state index contributed by atoms with van der Waals surface area (Å²) in [6.45, 7) is 0. The predicted molar refractivity (Wildman–Crippen MR) is 290 cm³/mol. The zero-order valence-corrected chi connectivity index (χ0v) is 38.1. The maximum absolute atomic E-state index is 6.15. The van der Waals surface area contributed by atoms with Crippen LogP contribution in [0.3, 0.4) is 0 Å². The monoisotopic (exact) mass is 890 g/mol. The highest BCUT2D eigenvalue weighted by Gasteiger charge is 2.50. The van der Waals surface area contributed by atoms with E-state index in [-0.39, 0.29) is 0 Å². The second kappa shape index (κ2) is 14.9. The van der Waals surface area contributed by atoms with E-state index >= 15 is 0 Å². The Morgan fingerprint density at radius 3 is 1.46 bits per heavy atom. The Bertz CT molecular complexity index is 4170. The number of benzene rings is 11. The molecule has 15 rings (SSSR count). The van der Waals surface area contributed by atoms with E-state index in [4.69, 9.17) is 4.42 Å². The number of rotatable bonds is 6. The highest BCUT2D eigenvalue weighted by Crippen LogP contribution is 2.61. The fourth-order valence-corrected chi connectivity index (χ4v) is 12.1. The van der Waals surface area contributed by atoms with Crippen LogP contribution in [0.25, 0.3) is 93.9 Å². The summed E-state index contributed by atoms with van der Waals surface area (Å²) >= 11 is 0. The Labute approximate surface area is 405 Å². The average Bonchev–Trinajstić information content (AvgIpc) is 4.08. The number of furan rings is 1. The summed E-state index contributed by atoms with van der Waals surface area (Å²) in [7, 11) is 0. The molecular weight excluding hydrogens is 849 g/mol. The van der Waals surface area contributed by atoms with E-state index < -0.39 is 5.41 Å². The number of anilines is 3. The summed E-state index contributed by atoms with van der Waals surface area (Å²) in [6, 6.07) is 93.5. The standard InChI is InChI=1S/C67H42N2O/c1-2-13-43(14-3-1)44-25-33-49(34-26-44)68(51-37-29-46(30-38-51)48-32-40-65-57(42-48)54-17-6-11-24-64(54)70-65)50-35-27-45(28-36-50)47-31-39-62-56(41-47)55-18-12-22-61-66(55)69(62)63-23-10-9-21-60(63)67(61)58-19-7-4-15-52(58)53-16-5-8-20-59(53)67/h1-42H. The molecule has 0 amide bonds. The number of para-hydroxylation sites is 3. The van der Waals surface area contributed by atoms with Gasteiger partial charge in [0.05, 0.1) is 22.1 Å². The van der Waals surface area contributed by atoms with Crippen LogP contribution in [-0.2, 0) is 5.41 Å². The molecule has 3 heteroatoms. The first-order chi connectivity index (χ1) is 34.7. The lowest BCUT2D eigenvalue weighted by molar-refractivity contribution is 0.669. The Hall–Kier alpha value is -9.18. The molecule has 70 heavy (non-hydrogen) atoms. The Morgan fingerprint density at radius 2 is 0.786 bits per heavy atom. The van der Waals surface area contributed by atoms with Gasteiger partial charge in [-0.25, -0.2) is 0 Å². The molecule has 0 saturated heterocycles. The Balaban J connectivity index is 0.835. The van der Waals surface area contributed by atoms with E-state index in [1.54, 1.807) is 0 Å². The van der Waals surface area contributed by atoms with E-state index in [1.165, 1.54) is 83.1 Å². The Morgan fingerprint density at radius 1 is 0.314 bits per heavy atom. The number of fused-ring (bicyclic) bond motifs is 15. The first kappa shape index (κ1) is 38.9. The van der Waals surface area contributed by atoms with Gasteiger partial charge < -0.3 is 13.9 Å². The van der Waals surface area contributed by atoms with Crippen molar-refractivity contribution in [3.63, 3.8) is 0 Å². The summed E-state index contributed by atoms with van der Waals surface area (Å²) in [5.74, 6) is 0. The maximum atomic E-state index is 6.15. The molecule has 326 valence electrons. The first-order valence-electron chi connectivity index (χ1n) is 24.2. The van der Waals surface area contributed by atoms with Crippen LogP contribution in [0, 0.1) is 0 Å². The summed E-state index contributed by atoms with van der Waals surface area (Å²) in [4.78, 5) is 2.36. The second-order valence-corrected chi connectivity index (χ2v) is 18.8. The van der Waals surface area contributed by atoms with E-state index in [0.29, 0.717) is 0 Å². The molecule has 2 aliphatic rings. The van der Waals surface area contributed by atoms with Crippen molar-refractivity contribution in [3.8, 4) is 50.2 Å². The third-order valence-electron chi connectivity index (χ3n) is 15.2. The molecule has 13 aromatic rings. The minimum atomic E-state index is -0.426. The van der Waals surface area contributed by atoms with Gasteiger partial charge in [-0.15, -0.1) is 0 Å². The molecule has 3 heterocycles. The third kappa shape index (κ3) is 5.52. The van der Waals surface area contributed by atoms with E-state index in [1.807, 2.05) is 12.1 Å². The minimum Gasteiger partial charge on any atom is -0.456 e. The van der Waals surface area contributed by atoms with Crippen LogP contribution in [0.2, 0.25) is 0 Å². The van der Waals surface area contributed by atoms with Gasteiger partial charge in [-0.05, 0) is 140 Å². The van der Waals surface area contributed by atoms with Crippen LogP contribution in [0.5, 0.6) is 0 Å². The minimum absolute atomic E-state index is 0.426. The summed E-state index contributed by atoms with van der Waals surface area (Å²) in [6.07, 6.45) is 0. The van der Waals surface area contributed by atoms with Crippen molar-refractivity contribution in [1.29, 1.82) is 0 Å². The van der Waals surface area contributed by atoms with Crippen LogP contribution in [0.4, 0.5) is 17.1 Å². The van der Waals surface area contributed by atoms with Gasteiger partial charge in [-0.2, -0.15) is 0 Å². The fourth-order valence-electron chi connectivity index (χ4n) is 12.1. The van der Waals surface area contributed by atoms with Crippen molar-refractivity contribution in [2.75, 3.05) is 4.90 Å². The molecule has 0 atom stereocenters. The van der Waals surface area contributed by atoms with Gasteiger partial charge in [-0.1, -0.05) is 182 Å². The zero-order valence-electron chi connectivity index (χ0n) is 38.1. The molecule has 3 nitrogen and oxygen atoms in total. The van der Waals surface area contributed by atoms with E-state index in [0.717, 1.165) is 50.1 Å². The first-order valence-corrected chi connectivity index (χ1v) is 24.2. The maximum Gasteiger partial charge on any atom is 0.135 e. The topological polar surface area (TPSA) is 21.3 Å². The smallest absolute Gasteiger partial charge is 0.135 e. The summed E-state index contributed by atoms with van der Waals surface area (Å²) in [5.41, 5.74) is 23.4. The van der Waals surface area contributed by atoms with E-state index in [2.05, 4.69) is 252 Å². The lowest BCUT2D eigenvalue weighted by Crippen LogP contribution is -2.33. The molecule has 1 aliphatic heterocycles. The quantitative estimate of drug-likeness (QED) is 0.166. The van der Waals surface area contributed by atoms with Gasteiger partial charge in [0.2, 0.25) is 0 Å². The molecule has 1 spiro atoms. The number of hydrogen-bond donors (Lipinski definition) is 0. The van der Waals surface area contributed by atoms with Gasteiger partial charge >= 0.3 is 0 Å². The molecule has 11 aromatic carbocycles. The van der Waals surface area contributed by atoms with Crippen molar-refractivity contribution in [2.24, 2.45) is 0 Å². The highest BCUT2D eigenvalue weighted by atomic mass is 16.3. The lowest BCUT2D eigenvalue weighted by Gasteiger charge is -2.39. The van der Waals surface area contributed by atoms with Gasteiger partial charge in [-0.3, -0.25) is 0 Å². The zero-order chi connectivity index (χ0) is 45.9. The van der Waals surface area contributed by atoms with Crippen molar-refractivity contribution in [3.05, 3.63) is 277 Å². The summed E-state index contributed by atoms with van der Waals surface area (Å²) in [5, 5.41) is 4.79. The van der Waals surface area contributed by atoms with Crippen LogP contribution < -0.4 is 4.90 Å². The highest BCUT2D eigenvalue weighted by molar-refractivity contribution is 6.14.